The minimum Gasteiger partial charge on any atom is -0.461 e. The van der Waals surface area contributed by atoms with E-state index < -0.39 is 0 Å². The van der Waals surface area contributed by atoms with Crippen LogP contribution in [-0.2, 0) is 16.7 Å². The molecule has 0 aliphatic heterocycles. The highest BCUT2D eigenvalue weighted by atomic mass is 16.5. The number of carbonyl (C=O) groups excluding carboxylic acids is 1. The van der Waals surface area contributed by atoms with E-state index in [1.165, 1.54) is 22.3 Å². The number of hydrogen-bond acceptors (Lipinski definition) is 3. The quantitative estimate of drug-likeness (QED) is 0.785. The highest BCUT2D eigenvalue weighted by Crippen LogP contribution is 2.24. The first kappa shape index (κ1) is 18.2. The molecule has 2 rings (SSSR count). The highest BCUT2D eigenvalue weighted by Gasteiger charge is 2.24. The molecule has 130 valence electrons. The Morgan fingerprint density at radius 2 is 1.71 bits per heavy atom. The van der Waals surface area contributed by atoms with E-state index in [1.54, 1.807) is 4.68 Å². The lowest BCUT2D eigenvalue weighted by Crippen LogP contribution is -2.16. The second kappa shape index (κ2) is 6.80. The minimum absolute atomic E-state index is 0.121. The van der Waals surface area contributed by atoms with E-state index in [4.69, 9.17) is 9.84 Å². The van der Waals surface area contributed by atoms with Gasteiger partial charge in [-0.1, -0.05) is 38.5 Å². The van der Waals surface area contributed by atoms with Crippen LogP contribution in [0.4, 0.5) is 0 Å². The molecule has 0 aliphatic carbocycles. The maximum absolute atomic E-state index is 12.3. The lowest BCUT2D eigenvalue weighted by Gasteiger charge is -2.15. The third kappa shape index (κ3) is 3.86. The van der Waals surface area contributed by atoms with E-state index in [9.17, 15) is 4.79 Å². The smallest absolute Gasteiger partial charge is 0.356 e. The van der Waals surface area contributed by atoms with Crippen LogP contribution in [0.25, 0.3) is 0 Å². The van der Waals surface area contributed by atoms with Gasteiger partial charge >= 0.3 is 5.97 Å². The van der Waals surface area contributed by atoms with Crippen molar-refractivity contribution >= 4 is 5.97 Å². The van der Waals surface area contributed by atoms with Gasteiger partial charge in [-0.2, -0.15) is 5.10 Å². The molecule has 0 saturated carbocycles. The summed E-state index contributed by atoms with van der Waals surface area (Å²) in [5.41, 5.74) is 6.17. The Balaban J connectivity index is 2.49. The fraction of sp³-hybridized carbons (Fsp3) is 0.500. The lowest BCUT2D eigenvalue weighted by atomic mass is 9.92. The summed E-state index contributed by atoms with van der Waals surface area (Å²) < 4.78 is 6.99. The molecule has 2 aromatic rings. The number of carbonyl (C=O) groups is 1. The number of nitrogens with zero attached hydrogens (tertiary/aromatic N) is 2. The molecule has 24 heavy (non-hydrogen) atoms. The number of hydrogen-bond donors (Lipinski definition) is 0. The molecule has 0 bridgehead atoms. The van der Waals surface area contributed by atoms with Crippen molar-refractivity contribution in [3.63, 3.8) is 0 Å². The van der Waals surface area contributed by atoms with Crippen molar-refractivity contribution < 1.29 is 9.53 Å². The van der Waals surface area contributed by atoms with Gasteiger partial charge in [0.2, 0.25) is 0 Å². The zero-order valence-corrected chi connectivity index (χ0v) is 15.9. The molecule has 0 N–H and O–H groups in total. The standard InChI is InChI=1S/C20H28N2O2/c1-8-24-19(23)17-11-18(20(5,6)7)21-22(17)12-16-14(3)9-13(2)10-15(16)4/h9-11H,8,12H2,1-7H3. The fourth-order valence-electron chi connectivity index (χ4n) is 2.88. The van der Waals surface area contributed by atoms with Gasteiger partial charge in [0, 0.05) is 5.41 Å². The summed E-state index contributed by atoms with van der Waals surface area (Å²) in [6, 6.07) is 6.19. The van der Waals surface area contributed by atoms with Crippen LogP contribution in [0.15, 0.2) is 18.2 Å². The molecule has 1 aromatic carbocycles. The molecule has 0 atom stereocenters. The molecule has 0 fully saturated rings. The molecule has 0 amide bonds. The van der Waals surface area contributed by atoms with Crippen molar-refractivity contribution in [3.8, 4) is 0 Å². The van der Waals surface area contributed by atoms with Crippen LogP contribution in [0, 0.1) is 20.8 Å². The van der Waals surface area contributed by atoms with Crippen LogP contribution >= 0.6 is 0 Å². The van der Waals surface area contributed by atoms with E-state index >= 15 is 0 Å². The topological polar surface area (TPSA) is 44.1 Å². The second-order valence-corrected chi connectivity index (χ2v) is 7.42. The van der Waals surface area contributed by atoms with Crippen molar-refractivity contribution in [1.29, 1.82) is 0 Å². The molecule has 1 heterocycles. The summed E-state index contributed by atoms with van der Waals surface area (Å²) in [6.07, 6.45) is 0. The Morgan fingerprint density at radius 3 is 2.21 bits per heavy atom. The van der Waals surface area contributed by atoms with E-state index in [2.05, 4.69) is 53.7 Å². The van der Waals surface area contributed by atoms with Crippen LogP contribution in [0.2, 0.25) is 0 Å². The first-order chi connectivity index (χ1) is 11.1. The van der Waals surface area contributed by atoms with Gasteiger partial charge in [-0.15, -0.1) is 0 Å². The first-order valence-corrected chi connectivity index (χ1v) is 8.45. The summed E-state index contributed by atoms with van der Waals surface area (Å²) >= 11 is 0. The molecular weight excluding hydrogens is 300 g/mol. The first-order valence-electron chi connectivity index (χ1n) is 8.45. The van der Waals surface area contributed by atoms with Crippen LogP contribution in [-0.4, -0.2) is 22.4 Å². The third-order valence-corrected chi connectivity index (χ3v) is 4.18. The summed E-state index contributed by atoms with van der Waals surface area (Å²) in [4.78, 5) is 12.3. The van der Waals surface area contributed by atoms with Crippen molar-refractivity contribution in [2.75, 3.05) is 6.61 Å². The predicted molar refractivity (Wildman–Crippen MR) is 96.6 cm³/mol. The highest BCUT2D eigenvalue weighted by molar-refractivity contribution is 5.87. The Kier molecular flexibility index (Phi) is 5.16. The number of benzene rings is 1. The number of ether oxygens (including phenoxy) is 1. The molecule has 4 nitrogen and oxygen atoms in total. The zero-order valence-electron chi connectivity index (χ0n) is 15.9. The van der Waals surface area contributed by atoms with Crippen molar-refractivity contribution in [3.05, 3.63) is 51.8 Å². The monoisotopic (exact) mass is 328 g/mol. The van der Waals surface area contributed by atoms with Crippen LogP contribution in [0.1, 0.15) is 66.1 Å². The Bertz CT molecular complexity index is 728. The predicted octanol–water partition coefficient (Wildman–Crippen LogP) is 4.33. The molecule has 0 spiro atoms. The average Bonchev–Trinajstić information content (AvgIpc) is 2.87. The van der Waals surface area contributed by atoms with E-state index in [-0.39, 0.29) is 11.4 Å². The molecule has 0 aliphatic rings. The molecule has 4 heteroatoms. The lowest BCUT2D eigenvalue weighted by molar-refractivity contribution is 0.0512. The normalized spacial score (nSPS) is 11.6. The fourth-order valence-corrected chi connectivity index (χ4v) is 2.88. The van der Waals surface area contributed by atoms with E-state index in [1.807, 2.05) is 13.0 Å². The van der Waals surface area contributed by atoms with Crippen LogP contribution < -0.4 is 0 Å². The van der Waals surface area contributed by atoms with Gasteiger partial charge in [-0.05, 0) is 50.5 Å². The molecule has 0 saturated heterocycles. The van der Waals surface area contributed by atoms with Crippen molar-refractivity contribution in [2.24, 2.45) is 0 Å². The summed E-state index contributed by atoms with van der Waals surface area (Å²) in [6.45, 7) is 15.3. The maximum Gasteiger partial charge on any atom is 0.356 e. The second-order valence-electron chi connectivity index (χ2n) is 7.42. The van der Waals surface area contributed by atoms with Gasteiger partial charge in [0.25, 0.3) is 0 Å². The van der Waals surface area contributed by atoms with Crippen LogP contribution in [0.3, 0.4) is 0 Å². The van der Waals surface area contributed by atoms with Gasteiger partial charge < -0.3 is 4.74 Å². The number of aryl methyl sites for hydroxylation is 3. The summed E-state index contributed by atoms with van der Waals surface area (Å²) in [7, 11) is 0. The maximum atomic E-state index is 12.3. The van der Waals surface area contributed by atoms with Gasteiger partial charge in [-0.3, -0.25) is 4.68 Å². The molecule has 0 unspecified atom stereocenters. The van der Waals surface area contributed by atoms with Crippen molar-refractivity contribution in [1.82, 2.24) is 9.78 Å². The number of aromatic nitrogens is 2. The third-order valence-electron chi connectivity index (χ3n) is 4.18. The van der Waals surface area contributed by atoms with E-state index in [0.717, 1.165) is 5.69 Å². The SMILES string of the molecule is CCOC(=O)c1cc(C(C)(C)C)nn1Cc1c(C)cc(C)cc1C. The number of esters is 1. The Hall–Kier alpha value is -2.10. The van der Waals surface area contributed by atoms with Crippen LogP contribution in [0.5, 0.6) is 0 Å². The average molecular weight is 328 g/mol. The molecule has 0 radical (unpaired) electrons. The zero-order chi connectivity index (χ0) is 18.1. The molecular formula is C20H28N2O2. The van der Waals surface area contributed by atoms with Gasteiger partial charge in [0.05, 0.1) is 18.8 Å². The van der Waals surface area contributed by atoms with Gasteiger partial charge in [0.15, 0.2) is 0 Å². The van der Waals surface area contributed by atoms with Crippen molar-refractivity contribution in [2.45, 2.75) is 60.4 Å². The minimum atomic E-state index is -0.317. The van der Waals surface area contributed by atoms with Gasteiger partial charge in [0.1, 0.15) is 5.69 Å². The Labute approximate surface area is 144 Å². The van der Waals surface area contributed by atoms with Gasteiger partial charge in [-0.25, -0.2) is 4.79 Å². The largest absolute Gasteiger partial charge is 0.461 e. The summed E-state index contributed by atoms with van der Waals surface area (Å²) in [5, 5.41) is 4.70. The number of rotatable bonds is 4. The molecule has 1 aromatic heterocycles. The summed E-state index contributed by atoms with van der Waals surface area (Å²) in [5.74, 6) is -0.317. The van der Waals surface area contributed by atoms with E-state index in [0.29, 0.717) is 18.8 Å². The Morgan fingerprint density at radius 1 is 1.12 bits per heavy atom.